The highest BCUT2D eigenvalue weighted by molar-refractivity contribution is 6.04. The fourth-order valence-corrected chi connectivity index (χ4v) is 1.82. The minimum atomic E-state index is -0.495. The van der Waals surface area contributed by atoms with Crippen molar-refractivity contribution in [3.63, 3.8) is 0 Å². The van der Waals surface area contributed by atoms with Crippen LogP contribution < -0.4 is 0 Å². The highest BCUT2D eigenvalue weighted by Crippen LogP contribution is 2.17. The SMILES string of the molecule is CC(=O)N1CC(=O)N(C)[C@H](CC(C)C)C1=O. The van der Waals surface area contributed by atoms with E-state index in [0.29, 0.717) is 12.3 Å². The Morgan fingerprint density at radius 2 is 2.00 bits per heavy atom. The van der Waals surface area contributed by atoms with E-state index < -0.39 is 6.04 Å². The van der Waals surface area contributed by atoms with Gasteiger partial charge >= 0.3 is 0 Å². The van der Waals surface area contributed by atoms with Crippen molar-refractivity contribution in [3.05, 3.63) is 0 Å². The highest BCUT2D eigenvalue weighted by atomic mass is 16.2. The quantitative estimate of drug-likeness (QED) is 0.678. The number of rotatable bonds is 2. The van der Waals surface area contributed by atoms with Crippen LogP contribution in [-0.2, 0) is 14.4 Å². The average Bonchev–Trinajstić information content (AvgIpc) is 2.17. The van der Waals surface area contributed by atoms with E-state index in [0.717, 1.165) is 4.90 Å². The molecule has 5 nitrogen and oxygen atoms in total. The van der Waals surface area contributed by atoms with Crippen LogP contribution in [0.4, 0.5) is 0 Å². The van der Waals surface area contributed by atoms with Gasteiger partial charge < -0.3 is 4.90 Å². The summed E-state index contributed by atoms with van der Waals surface area (Å²) in [5.41, 5.74) is 0. The van der Waals surface area contributed by atoms with Crippen LogP contribution in [0.3, 0.4) is 0 Å². The Bertz CT molecular complexity index is 325. The topological polar surface area (TPSA) is 57.7 Å². The van der Waals surface area contributed by atoms with Crippen LogP contribution in [-0.4, -0.2) is 47.2 Å². The minimum absolute atomic E-state index is 0.126. The lowest BCUT2D eigenvalue weighted by Gasteiger charge is -2.37. The first-order valence-corrected chi connectivity index (χ1v) is 5.42. The third-order valence-corrected chi connectivity index (χ3v) is 2.78. The van der Waals surface area contributed by atoms with Gasteiger partial charge in [-0.1, -0.05) is 13.8 Å². The third-order valence-electron chi connectivity index (χ3n) is 2.78. The van der Waals surface area contributed by atoms with Crippen LogP contribution >= 0.6 is 0 Å². The lowest BCUT2D eigenvalue weighted by Crippen LogP contribution is -2.59. The van der Waals surface area contributed by atoms with Gasteiger partial charge in [-0.2, -0.15) is 0 Å². The predicted octanol–water partition coefficient (Wildman–Crippen LogP) is 0.248. The van der Waals surface area contributed by atoms with Crippen molar-refractivity contribution >= 4 is 17.7 Å². The molecule has 0 radical (unpaired) electrons. The van der Waals surface area contributed by atoms with E-state index in [2.05, 4.69) is 0 Å². The second kappa shape index (κ2) is 4.63. The zero-order valence-electron chi connectivity index (χ0n) is 10.2. The Labute approximate surface area is 95.4 Å². The number of nitrogens with zero attached hydrogens (tertiary/aromatic N) is 2. The zero-order chi connectivity index (χ0) is 12.5. The number of likely N-dealkylation sites (N-methyl/N-ethyl adjacent to an activating group) is 1. The summed E-state index contributed by atoms with van der Waals surface area (Å²) in [4.78, 5) is 37.3. The summed E-state index contributed by atoms with van der Waals surface area (Å²) in [7, 11) is 1.62. The van der Waals surface area contributed by atoms with Gasteiger partial charge in [0.15, 0.2) is 0 Å². The van der Waals surface area contributed by atoms with Crippen molar-refractivity contribution in [2.24, 2.45) is 5.92 Å². The summed E-state index contributed by atoms with van der Waals surface area (Å²) in [5.74, 6) is -0.500. The summed E-state index contributed by atoms with van der Waals surface area (Å²) < 4.78 is 0. The minimum Gasteiger partial charge on any atom is -0.332 e. The van der Waals surface area contributed by atoms with Gasteiger partial charge in [-0.15, -0.1) is 0 Å². The standard InChI is InChI=1S/C11H18N2O3/c1-7(2)5-9-11(16)13(8(3)14)6-10(15)12(9)4/h7,9H,5-6H2,1-4H3/t9-/m1/s1. The zero-order valence-corrected chi connectivity index (χ0v) is 10.2. The molecule has 1 rings (SSSR count). The number of carbonyl (C=O) groups excluding carboxylic acids is 3. The number of imide groups is 1. The van der Waals surface area contributed by atoms with Crippen molar-refractivity contribution in [1.29, 1.82) is 0 Å². The normalized spacial score (nSPS) is 21.9. The van der Waals surface area contributed by atoms with Gasteiger partial charge in [-0.3, -0.25) is 19.3 Å². The molecular weight excluding hydrogens is 208 g/mol. The Morgan fingerprint density at radius 1 is 1.44 bits per heavy atom. The third kappa shape index (κ3) is 2.40. The molecule has 1 saturated heterocycles. The van der Waals surface area contributed by atoms with Crippen LogP contribution in [0.25, 0.3) is 0 Å². The lowest BCUT2D eigenvalue weighted by atomic mass is 9.99. The van der Waals surface area contributed by atoms with Gasteiger partial charge in [0.1, 0.15) is 12.6 Å². The van der Waals surface area contributed by atoms with Crippen molar-refractivity contribution in [2.75, 3.05) is 13.6 Å². The molecule has 0 aromatic carbocycles. The molecule has 90 valence electrons. The van der Waals surface area contributed by atoms with E-state index in [-0.39, 0.29) is 24.3 Å². The number of hydrogen-bond donors (Lipinski definition) is 0. The summed E-state index contributed by atoms with van der Waals surface area (Å²) in [5, 5.41) is 0. The molecule has 5 heteroatoms. The Kier molecular flexibility index (Phi) is 3.67. The average molecular weight is 226 g/mol. The fourth-order valence-electron chi connectivity index (χ4n) is 1.82. The van der Waals surface area contributed by atoms with Crippen molar-refractivity contribution in [2.45, 2.75) is 33.2 Å². The van der Waals surface area contributed by atoms with Crippen LogP contribution in [0.1, 0.15) is 27.2 Å². The van der Waals surface area contributed by atoms with Crippen molar-refractivity contribution in [3.8, 4) is 0 Å². The first-order valence-electron chi connectivity index (χ1n) is 5.42. The maximum atomic E-state index is 12.0. The predicted molar refractivity (Wildman–Crippen MR) is 58.4 cm³/mol. The monoisotopic (exact) mass is 226 g/mol. The number of amides is 3. The van der Waals surface area contributed by atoms with Crippen LogP contribution in [0.5, 0.6) is 0 Å². The maximum absolute atomic E-state index is 12.0. The van der Waals surface area contributed by atoms with Gasteiger partial charge in [0.25, 0.3) is 5.91 Å². The van der Waals surface area contributed by atoms with Gasteiger partial charge in [0.05, 0.1) is 0 Å². The first-order chi connectivity index (χ1) is 7.34. The lowest BCUT2D eigenvalue weighted by molar-refractivity contribution is -0.160. The van der Waals surface area contributed by atoms with Gasteiger partial charge in [-0.25, -0.2) is 0 Å². The summed E-state index contributed by atoms with van der Waals surface area (Å²) in [6.45, 7) is 5.15. The molecular formula is C11H18N2O3. The summed E-state index contributed by atoms with van der Waals surface area (Å²) in [6.07, 6.45) is 0.588. The molecule has 0 saturated carbocycles. The second-order valence-corrected chi connectivity index (χ2v) is 4.59. The number of hydrogen-bond acceptors (Lipinski definition) is 3. The molecule has 1 aliphatic heterocycles. The molecule has 1 fully saturated rings. The molecule has 16 heavy (non-hydrogen) atoms. The largest absolute Gasteiger partial charge is 0.332 e. The highest BCUT2D eigenvalue weighted by Gasteiger charge is 2.38. The molecule has 0 aromatic heterocycles. The molecule has 1 heterocycles. The van der Waals surface area contributed by atoms with Gasteiger partial charge in [0.2, 0.25) is 11.8 Å². The van der Waals surface area contributed by atoms with E-state index in [9.17, 15) is 14.4 Å². The molecule has 0 N–H and O–H groups in total. The Hall–Kier alpha value is -1.39. The van der Waals surface area contributed by atoms with E-state index >= 15 is 0 Å². The molecule has 0 aromatic rings. The summed E-state index contributed by atoms with van der Waals surface area (Å²) in [6, 6.07) is -0.495. The van der Waals surface area contributed by atoms with Gasteiger partial charge in [0, 0.05) is 14.0 Å². The van der Waals surface area contributed by atoms with Gasteiger partial charge in [-0.05, 0) is 12.3 Å². The molecule has 0 aliphatic carbocycles. The molecule has 1 aliphatic rings. The second-order valence-electron chi connectivity index (χ2n) is 4.59. The molecule has 0 bridgehead atoms. The van der Waals surface area contributed by atoms with E-state index in [1.165, 1.54) is 11.8 Å². The molecule has 3 amide bonds. The molecule has 0 unspecified atom stereocenters. The Morgan fingerprint density at radius 3 is 2.44 bits per heavy atom. The van der Waals surface area contributed by atoms with E-state index in [4.69, 9.17) is 0 Å². The Balaban J connectivity index is 2.90. The fraction of sp³-hybridized carbons (Fsp3) is 0.727. The van der Waals surface area contributed by atoms with Crippen molar-refractivity contribution < 1.29 is 14.4 Å². The maximum Gasteiger partial charge on any atom is 0.252 e. The van der Waals surface area contributed by atoms with Crippen LogP contribution in [0.2, 0.25) is 0 Å². The van der Waals surface area contributed by atoms with Crippen LogP contribution in [0.15, 0.2) is 0 Å². The number of carbonyl (C=O) groups is 3. The summed E-state index contributed by atoms with van der Waals surface area (Å²) >= 11 is 0. The van der Waals surface area contributed by atoms with E-state index in [1.807, 2.05) is 13.8 Å². The molecule has 0 spiro atoms. The van der Waals surface area contributed by atoms with Crippen molar-refractivity contribution in [1.82, 2.24) is 9.80 Å². The number of piperazine rings is 1. The first kappa shape index (κ1) is 12.7. The molecule has 1 atom stereocenters. The smallest absolute Gasteiger partial charge is 0.252 e. The van der Waals surface area contributed by atoms with Crippen LogP contribution in [0, 0.1) is 5.92 Å². The van der Waals surface area contributed by atoms with E-state index in [1.54, 1.807) is 7.05 Å².